The smallest absolute Gasteiger partial charge is 0.184 e. The van der Waals surface area contributed by atoms with Gasteiger partial charge in [0.1, 0.15) is 11.4 Å². The number of benzene rings is 2. The molecule has 0 aliphatic carbocycles. The molecule has 0 atom stereocenters. The van der Waals surface area contributed by atoms with Crippen molar-refractivity contribution in [2.24, 2.45) is 16.0 Å². The predicted octanol–water partition coefficient (Wildman–Crippen LogP) is 3.11. The Morgan fingerprint density at radius 2 is 2.07 bits per heavy atom. The van der Waals surface area contributed by atoms with Gasteiger partial charge >= 0.3 is 0 Å². The van der Waals surface area contributed by atoms with Crippen molar-refractivity contribution in [1.82, 2.24) is 15.2 Å². The van der Waals surface area contributed by atoms with Crippen LogP contribution in [-0.2, 0) is 0 Å². The Balaban J connectivity index is 2.09. The fourth-order valence-corrected chi connectivity index (χ4v) is 2.55. The van der Waals surface area contributed by atoms with E-state index in [1.807, 2.05) is 36.5 Å². The molecule has 3 rings (SSSR count). The predicted molar refractivity (Wildman–Crippen MR) is 109 cm³/mol. The maximum atomic E-state index is 11.1. The molecule has 3 N–H and O–H groups in total. The third-order valence-electron chi connectivity index (χ3n) is 3.69. The summed E-state index contributed by atoms with van der Waals surface area (Å²) >= 11 is 4.75. The average Bonchev–Trinajstić information content (AvgIpc) is 3.12. The lowest BCUT2D eigenvalue weighted by molar-refractivity contribution is 0.416. The maximum absolute atomic E-state index is 11.1. The lowest BCUT2D eigenvalue weighted by Gasteiger charge is -2.05. The molecule has 0 bridgehead atoms. The van der Waals surface area contributed by atoms with Gasteiger partial charge in [-0.25, -0.2) is 4.68 Å². The zero-order valence-electron chi connectivity index (χ0n) is 14.4. The van der Waals surface area contributed by atoms with Gasteiger partial charge in [0.25, 0.3) is 0 Å². The minimum absolute atomic E-state index is 0.0557. The highest BCUT2D eigenvalue weighted by atomic mass is 32.1. The molecule has 0 amide bonds. The van der Waals surface area contributed by atoms with E-state index in [1.165, 1.54) is 7.11 Å². The number of rotatable bonds is 6. The number of hydrazone groups is 1. The highest BCUT2D eigenvalue weighted by Crippen LogP contribution is 2.33. The topological polar surface area (TPSA) is 107 Å². The molecule has 0 saturated heterocycles. The molecule has 0 aliphatic rings. The minimum atomic E-state index is 0.0557. The number of nitroso groups, excluding NO2 is 1. The van der Waals surface area contributed by atoms with Gasteiger partial charge in [-0.15, -0.1) is 4.91 Å². The van der Waals surface area contributed by atoms with Gasteiger partial charge in [-0.3, -0.25) is 5.43 Å². The summed E-state index contributed by atoms with van der Waals surface area (Å²) in [6.45, 7) is 0. The molecular formula is C18H16N6O2S. The van der Waals surface area contributed by atoms with Gasteiger partial charge in [-0.05, 0) is 47.7 Å². The molecule has 0 spiro atoms. The molecule has 3 aromatic rings. The zero-order chi connectivity index (χ0) is 19.2. The summed E-state index contributed by atoms with van der Waals surface area (Å²) in [6, 6.07) is 14.7. The van der Waals surface area contributed by atoms with Crippen molar-refractivity contribution in [2.45, 2.75) is 0 Å². The Morgan fingerprint density at radius 1 is 1.30 bits per heavy atom. The molecule has 0 radical (unpaired) electrons. The van der Waals surface area contributed by atoms with E-state index in [9.17, 15) is 4.91 Å². The summed E-state index contributed by atoms with van der Waals surface area (Å²) in [5.41, 5.74) is 11.0. The van der Waals surface area contributed by atoms with Gasteiger partial charge in [0.2, 0.25) is 0 Å². The first-order valence-corrected chi connectivity index (χ1v) is 8.28. The molecule has 0 fully saturated rings. The van der Waals surface area contributed by atoms with Gasteiger partial charge in [0.05, 0.1) is 19.0 Å². The van der Waals surface area contributed by atoms with Crippen LogP contribution >= 0.6 is 12.2 Å². The zero-order valence-corrected chi connectivity index (χ0v) is 15.2. The largest absolute Gasteiger partial charge is 0.494 e. The number of hydrogen-bond donors (Lipinski definition) is 2. The Hall–Kier alpha value is -3.59. The Bertz CT molecular complexity index is 1000. The quantitative estimate of drug-likeness (QED) is 0.294. The molecule has 1 heterocycles. The molecule has 8 nitrogen and oxygen atoms in total. The average molecular weight is 380 g/mol. The van der Waals surface area contributed by atoms with Crippen molar-refractivity contribution in [3.05, 3.63) is 65.2 Å². The van der Waals surface area contributed by atoms with Crippen molar-refractivity contribution in [2.75, 3.05) is 7.11 Å². The van der Waals surface area contributed by atoms with Gasteiger partial charge in [-0.1, -0.05) is 18.2 Å². The van der Waals surface area contributed by atoms with Crippen LogP contribution in [0.2, 0.25) is 0 Å². The summed E-state index contributed by atoms with van der Waals surface area (Å²) in [5, 5.41) is 11.7. The van der Waals surface area contributed by atoms with E-state index in [0.717, 1.165) is 5.69 Å². The van der Waals surface area contributed by atoms with E-state index >= 15 is 0 Å². The number of methoxy groups -OCH3 is 1. The van der Waals surface area contributed by atoms with Crippen LogP contribution in [0.25, 0.3) is 16.9 Å². The molecule has 2 aromatic carbocycles. The minimum Gasteiger partial charge on any atom is -0.494 e. The summed E-state index contributed by atoms with van der Waals surface area (Å²) < 4.78 is 6.86. The van der Waals surface area contributed by atoms with E-state index in [2.05, 4.69) is 20.8 Å². The van der Waals surface area contributed by atoms with E-state index in [-0.39, 0.29) is 10.8 Å². The van der Waals surface area contributed by atoms with Crippen LogP contribution in [0.3, 0.4) is 0 Å². The summed E-state index contributed by atoms with van der Waals surface area (Å²) in [7, 11) is 1.48. The van der Waals surface area contributed by atoms with E-state index in [4.69, 9.17) is 22.7 Å². The highest BCUT2D eigenvalue weighted by Gasteiger charge is 2.14. The van der Waals surface area contributed by atoms with Crippen molar-refractivity contribution in [3.8, 4) is 22.7 Å². The van der Waals surface area contributed by atoms with Crippen molar-refractivity contribution >= 4 is 29.2 Å². The number of nitrogens with two attached hydrogens (primary N) is 1. The maximum Gasteiger partial charge on any atom is 0.184 e. The molecule has 0 saturated carbocycles. The second-order valence-corrected chi connectivity index (χ2v) is 5.87. The summed E-state index contributed by atoms with van der Waals surface area (Å²) in [5.74, 6) is 0.390. The van der Waals surface area contributed by atoms with Crippen LogP contribution in [0, 0.1) is 4.91 Å². The summed E-state index contributed by atoms with van der Waals surface area (Å²) in [4.78, 5) is 11.1. The number of hydrogen-bond acceptors (Lipinski definition) is 6. The van der Waals surface area contributed by atoms with E-state index in [1.54, 1.807) is 29.1 Å². The molecular weight excluding hydrogens is 364 g/mol. The second-order valence-electron chi connectivity index (χ2n) is 5.43. The number of thiocarbonyl (C=S) groups is 1. The third-order valence-corrected chi connectivity index (χ3v) is 3.78. The van der Waals surface area contributed by atoms with Gasteiger partial charge in [-0.2, -0.15) is 10.2 Å². The monoisotopic (exact) mass is 380 g/mol. The van der Waals surface area contributed by atoms with E-state index < -0.39 is 0 Å². The van der Waals surface area contributed by atoms with Crippen molar-refractivity contribution < 1.29 is 4.74 Å². The lowest BCUT2D eigenvalue weighted by Crippen LogP contribution is -2.24. The van der Waals surface area contributed by atoms with Crippen LogP contribution in [0.1, 0.15) is 5.56 Å². The highest BCUT2D eigenvalue weighted by molar-refractivity contribution is 7.80. The molecule has 0 unspecified atom stereocenters. The van der Waals surface area contributed by atoms with Gasteiger partial charge in [0.15, 0.2) is 10.8 Å². The van der Waals surface area contributed by atoms with Gasteiger partial charge < -0.3 is 10.5 Å². The molecule has 0 aliphatic heterocycles. The standard InChI is InChI=1S/C18H16N6O2S/c1-26-16-8-7-12(9-15(16)23-25)17-13(10-20-21-18(19)27)11-24(22-17)14-5-3-2-4-6-14/h2-11H,1H3,(H3,19,21,27)/b20-10+. The van der Waals surface area contributed by atoms with E-state index in [0.29, 0.717) is 22.6 Å². The van der Waals surface area contributed by atoms with Crippen molar-refractivity contribution in [1.29, 1.82) is 0 Å². The molecule has 1 aromatic heterocycles. The van der Waals surface area contributed by atoms with Gasteiger partial charge in [0, 0.05) is 17.3 Å². The van der Waals surface area contributed by atoms with Crippen LogP contribution < -0.4 is 15.9 Å². The number of ether oxygens (including phenoxy) is 1. The van der Waals surface area contributed by atoms with Crippen molar-refractivity contribution in [3.63, 3.8) is 0 Å². The lowest BCUT2D eigenvalue weighted by atomic mass is 10.1. The Morgan fingerprint density at radius 3 is 2.74 bits per heavy atom. The molecule has 9 heteroatoms. The molecule has 136 valence electrons. The van der Waals surface area contributed by atoms with Crippen LogP contribution in [0.15, 0.2) is 65.0 Å². The normalized spacial score (nSPS) is 10.7. The Kier molecular flexibility index (Phi) is 5.53. The Labute approximate surface area is 160 Å². The number of nitrogens with one attached hydrogen (secondary N) is 1. The number of nitrogens with zero attached hydrogens (tertiary/aromatic N) is 4. The van der Waals surface area contributed by atoms with Crippen LogP contribution in [0.5, 0.6) is 5.75 Å². The fraction of sp³-hybridized carbons (Fsp3) is 0.0556. The van der Waals surface area contributed by atoms with Crippen LogP contribution in [0.4, 0.5) is 5.69 Å². The first kappa shape index (κ1) is 18.2. The molecule has 27 heavy (non-hydrogen) atoms. The number of para-hydroxylation sites is 1. The first-order valence-electron chi connectivity index (χ1n) is 7.87. The summed E-state index contributed by atoms with van der Waals surface area (Å²) in [6.07, 6.45) is 3.37. The first-order chi connectivity index (χ1) is 13.1. The van der Waals surface area contributed by atoms with Crippen LogP contribution in [-0.4, -0.2) is 28.2 Å². The second kappa shape index (κ2) is 8.19. The third kappa shape index (κ3) is 4.15. The number of aromatic nitrogens is 2. The SMILES string of the molecule is COc1ccc(-c2nn(-c3ccccc3)cc2/C=N/NC(N)=S)cc1N=O. The fourth-order valence-electron chi connectivity index (χ4n) is 2.49.